The highest BCUT2D eigenvalue weighted by atomic mass is 16.6. The third kappa shape index (κ3) is 7.71. The van der Waals surface area contributed by atoms with Gasteiger partial charge in [-0.05, 0) is 29.5 Å². The van der Waals surface area contributed by atoms with E-state index in [9.17, 15) is 10.2 Å². The Morgan fingerprint density at radius 1 is 0.639 bits per heavy atom. The zero-order chi connectivity index (χ0) is 25.0. The molecule has 1 saturated heterocycles. The van der Waals surface area contributed by atoms with E-state index in [1.165, 1.54) is 0 Å². The van der Waals surface area contributed by atoms with Crippen molar-refractivity contribution in [1.82, 2.24) is 0 Å². The molecule has 1 fully saturated rings. The van der Waals surface area contributed by atoms with Gasteiger partial charge in [-0.15, -0.1) is 0 Å². The number of aliphatic hydroxyl groups is 2. The summed E-state index contributed by atoms with van der Waals surface area (Å²) < 4.78 is 25.1. The van der Waals surface area contributed by atoms with Crippen LogP contribution in [0.4, 0.5) is 0 Å². The van der Waals surface area contributed by atoms with Crippen LogP contribution in [0.25, 0.3) is 0 Å². The molecule has 5 atom stereocenters. The molecule has 36 heavy (non-hydrogen) atoms. The van der Waals surface area contributed by atoms with Crippen LogP contribution in [0.1, 0.15) is 29.5 Å². The molecule has 6 nitrogen and oxygen atoms in total. The van der Waals surface area contributed by atoms with Gasteiger partial charge in [0.1, 0.15) is 24.4 Å². The first-order chi connectivity index (χ1) is 17.7. The summed E-state index contributed by atoms with van der Waals surface area (Å²) in [6, 6.07) is 29.8. The predicted molar refractivity (Wildman–Crippen MR) is 137 cm³/mol. The Labute approximate surface area is 213 Å². The van der Waals surface area contributed by atoms with Crippen LogP contribution in [0, 0.1) is 0 Å². The maximum atomic E-state index is 11.3. The average molecular weight is 493 g/mol. The normalized spacial score (nSPS) is 24.0. The molecule has 0 aliphatic carbocycles. The number of hydrogen-bond donors (Lipinski definition) is 2. The smallest absolute Gasteiger partial charge is 0.115 e. The monoisotopic (exact) mass is 492 g/mol. The second-order valence-corrected chi connectivity index (χ2v) is 9.09. The van der Waals surface area contributed by atoms with Gasteiger partial charge in [-0.1, -0.05) is 91.0 Å². The van der Waals surface area contributed by atoms with Crippen molar-refractivity contribution >= 4 is 0 Å². The van der Waals surface area contributed by atoms with Gasteiger partial charge in [0.15, 0.2) is 0 Å². The highest BCUT2D eigenvalue weighted by Gasteiger charge is 2.46. The van der Waals surface area contributed by atoms with Crippen molar-refractivity contribution in [1.29, 1.82) is 0 Å². The predicted octanol–water partition coefficient (Wildman–Crippen LogP) is 4.27. The summed E-state index contributed by atoms with van der Waals surface area (Å²) in [4.78, 5) is 0. The largest absolute Gasteiger partial charge is 0.396 e. The first kappa shape index (κ1) is 26.5. The molecule has 1 heterocycles. The molecular weight excluding hydrogens is 456 g/mol. The molecule has 0 bridgehead atoms. The topological polar surface area (TPSA) is 77.4 Å². The van der Waals surface area contributed by atoms with E-state index in [0.717, 1.165) is 16.7 Å². The number of rotatable bonds is 13. The van der Waals surface area contributed by atoms with Crippen LogP contribution in [0.5, 0.6) is 0 Å². The van der Waals surface area contributed by atoms with E-state index in [-0.39, 0.29) is 6.61 Å². The van der Waals surface area contributed by atoms with Gasteiger partial charge in [-0.3, -0.25) is 0 Å². The maximum absolute atomic E-state index is 11.3. The van der Waals surface area contributed by atoms with E-state index in [1.54, 1.807) is 0 Å². The van der Waals surface area contributed by atoms with Gasteiger partial charge in [0, 0.05) is 6.61 Å². The third-order valence-corrected chi connectivity index (χ3v) is 6.37. The fourth-order valence-corrected chi connectivity index (χ4v) is 4.46. The highest BCUT2D eigenvalue weighted by Crippen LogP contribution is 2.30. The van der Waals surface area contributed by atoms with Crippen molar-refractivity contribution in [2.75, 3.05) is 13.2 Å². The SMILES string of the molecule is OCCC[C@@H]1O[C@H](COCc2ccccc2)[C@@H](OCc2ccccc2)[C@H](OCc2ccccc2)[C@H]1O. The number of aliphatic hydroxyl groups excluding tert-OH is 2. The molecule has 6 heteroatoms. The molecule has 0 amide bonds. The Bertz CT molecular complexity index is 984. The Balaban J connectivity index is 1.51. The van der Waals surface area contributed by atoms with Crippen LogP contribution < -0.4 is 0 Å². The van der Waals surface area contributed by atoms with Crippen LogP contribution in [0.15, 0.2) is 91.0 Å². The highest BCUT2D eigenvalue weighted by molar-refractivity contribution is 5.15. The van der Waals surface area contributed by atoms with Crippen molar-refractivity contribution in [3.63, 3.8) is 0 Å². The lowest BCUT2D eigenvalue weighted by Gasteiger charge is -2.44. The second kappa shape index (κ2) is 14.2. The van der Waals surface area contributed by atoms with Crippen molar-refractivity contribution in [3.05, 3.63) is 108 Å². The van der Waals surface area contributed by atoms with E-state index >= 15 is 0 Å². The van der Waals surface area contributed by atoms with Crippen molar-refractivity contribution in [2.45, 2.75) is 63.2 Å². The molecule has 0 saturated carbocycles. The number of hydrogen-bond acceptors (Lipinski definition) is 6. The van der Waals surface area contributed by atoms with Crippen LogP contribution in [-0.2, 0) is 38.8 Å². The molecule has 0 aromatic heterocycles. The van der Waals surface area contributed by atoms with Gasteiger partial charge in [0.05, 0.1) is 32.5 Å². The summed E-state index contributed by atoms with van der Waals surface area (Å²) >= 11 is 0. The molecule has 3 aromatic carbocycles. The molecule has 2 N–H and O–H groups in total. The lowest BCUT2D eigenvalue weighted by molar-refractivity contribution is -0.262. The summed E-state index contributed by atoms with van der Waals surface area (Å²) in [5.41, 5.74) is 3.12. The van der Waals surface area contributed by atoms with E-state index in [4.69, 9.17) is 18.9 Å². The van der Waals surface area contributed by atoms with Crippen molar-refractivity contribution in [3.8, 4) is 0 Å². The van der Waals surface area contributed by atoms with Crippen LogP contribution in [-0.4, -0.2) is 53.9 Å². The fraction of sp³-hybridized carbons (Fsp3) is 0.400. The Morgan fingerprint density at radius 3 is 1.67 bits per heavy atom. The van der Waals surface area contributed by atoms with Crippen molar-refractivity contribution in [2.24, 2.45) is 0 Å². The van der Waals surface area contributed by atoms with Crippen LogP contribution in [0.3, 0.4) is 0 Å². The average Bonchev–Trinajstić information content (AvgIpc) is 2.93. The first-order valence-corrected chi connectivity index (χ1v) is 12.6. The summed E-state index contributed by atoms with van der Waals surface area (Å²) in [6.07, 6.45) is -1.93. The fourth-order valence-electron chi connectivity index (χ4n) is 4.46. The van der Waals surface area contributed by atoms with Gasteiger partial charge in [0.2, 0.25) is 0 Å². The Morgan fingerprint density at radius 2 is 1.14 bits per heavy atom. The van der Waals surface area contributed by atoms with E-state index in [0.29, 0.717) is 39.3 Å². The van der Waals surface area contributed by atoms with Gasteiger partial charge in [-0.25, -0.2) is 0 Å². The third-order valence-electron chi connectivity index (χ3n) is 6.37. The summed E-state index contributed by atoms with van der Waals surface area (Å²) in [5.74, 6) is 0. The standard InChI is InChI=1S/C30H36O6/c31-18-10-17-26-28(32)30(35-21-25-15-8-3-9-16-25)29(34-20-24-13-6-2-7-14-24)27(36-26)22-33-19-23-11-4-1-5-12-23/h1-9,11-16,26-32H,10,17-22H2/t26-,27+,28-,29+,30+/m0/s1. The first-order valence-electron chi connectivity index (χ1n) is 12.6. The summed E-state index contributed by atoms with van der Waals surface area (Å²) in [6.45, 7) is 1.49. The molecule has 4 rings (SSSR count). The molecule has 0 unspecified atom stereocenters. The van der Waals surface area contributed by atoms with Crippen LogP contribution >= 0.6 is 0 Å². The number of ether oxygens (including phenoxy) is 4. The van der Waals surface area contributed by atoms with E-state index < -0.39 is 30.5 Å². The zero-order valence-electron chi connectivity index (χ0n) is 20.5. The van der Waals surface area contributed by atoms with Crippen LogP contribution in [0.2, 0.25) is 0 Å². The quantitative estimate of drug-likeness (QED) is 0.371. The molecular formula is C30H36O6. The molecule has 0 radical (unpaired) electrons. The molecule has 0 spiro atoms. The Hall–Kier alpha value is -2.58. The molecule has 192 valence electrons. The van der Waals surface area contributed by atoms with Gasteiger partial charge in [0.25, 0.3) is 0 Å². The van der Waals surface area contributed by atoms with Gasteiger partial charge < -0.3 is 29.2 Å². The lowest BCUT2D eigenvalue weighted by Crippen LogP contribution is -2.60. The van der Waals surface area contributed by atoms with Crippen molar-refractivity contribution < 1.29 is 29.2 Å². The minimum Gasteiger partial charge on any atom is -0.396 e. The molecule has 1 aliphatic heterocycles. The molecule has 3 aromatic rings. The summed E-state index contributed by atoms with van der Waals surface area (Å²) in [7, 11) is 0. The van der Waals surface area contributed by atoms with Gasteiger partial charge in [-0.2, -0.15) is 0 Å². The van der Waals surface area contributed by atoms with E-state index in [2.05, 4.69) is 0 Å². The maximum Gasteiger partial charge on any atom is 0.115 e. The summed E-state index contributed by atoms with van der Waals surface area (Å²) in [5, 5.41) is 20.6. The minimum absolute atomic E-state index is 0.0330. The Kier molecular flexibility index (Phi) is 10.5. The number of benzene rings is 3. The zero-order valence-corrected chi connectivity index (χ0v) is 20.5. The second-order valence-electron chi connectivity index (χ2n) is 9.09. The lowest BCUT2D eigenvalue weighted by atomic mass is 9.92. The minimum atomic E-state index is -0.897. The van der Waals surface area contributed by atoms with E-state index in [1.807, 2.05) is 91.0 Å². The molecule has 1 aliphatic rings. The van der Waals surface area contributed by atoms with Gasteiger partial charge >= 0.3 is 0 Å².